The molecule has 6 nitrogen and oxygen atoms in total. The molecule has 23 heavy (non-hydrogen) atoms. The molecule has 2 atom stereocenters. The highest BCUT2D eigenvalue weighted by Gasteiger charge is 2.39. The van der Waals surface area contributed by atoms with Gasteiger partial charge in [0.2, 0.25) is 5.90 Å². The first-order valence-electron chi connectivity index (χ1n) is 6.99. The Hall–Kier alpha value is -3.07. The Labute approximate surface area is 132 Å². The van der Waals surface area contributed by atoms with E-state index in [2.05, 4.69) is 6.07 Å². The lowest BCUT2D eigenvalue weighted by Crippen LogP contribution is -2.34. The van der Waals surface area contributed by atoms with Crippen LogP contribution in [-0.2, 0) is 0 Å². The molecule has 6 heteroatoms. The highest BCUT2D eigenvalue weighted by molar-refractivity contribution is 5.85. The number of methoxy groups -OCH3 is 1. The molecule has 0 saturated heterocycles. The van der Waals surface area contributed by atoms with Crippen molar-refractivity contribution in [2.75, 3.05) is 7.11 Å². The van der Waals surface area contributed by atoms with E-state index in [-0.39, 0.29) is 17.2 Å². The van der Waals surface area contributed by atoms with Crippen molar-refractivity contribution < 1.29 is 13.9 Å². The Bertz CT molecular complexity index is 862. The quantitative estimate of drug-likeness (QED) is 0.919. The van der Waals surface area contributed by atoms with Crippen molar-refractivity contribution in [1.29, 1.82) is 10.7 Å². The number of hydrogen-bond acceptors (Lipinski definition) is 6. The van der Waals surface area contributed by atoms with Gasteiger partial charge in [-0.25, -0.2) is 4.79 Å². The van der Waals surface area contributed by atoms with Gasteiger partial charge in [0.15, 0.2) is 0 Å². The minimum absolute atomic E-state index is 0.175. The van der Waals surface area contributed by atoms with Gasteiger partial charge in [-0.05, 0) is 24.6 Å². The van der Waals surface area contributed by atoms with Crippen LogP contribution in [0.3, 0.4) is 0 Å². The molecule has 0 amide bonds. The maximum atomic E-state index is 12.3. The van der Waals surface area contributed by atoms with Crippen molar-refractivity contribution in [1.82, 2.24) is 0 Å². The molecule has 2 aromatic rings. The second-order valence-corrected chi connectivity index (χ2v) is 5.25. The predicted molar refractivity (Wildman–Crippen MR) is 82.0 cm³/mol. The summed E-state index contributed by atoms with van der Waals surface area (Å²) in [5.74, 6) is -0.339. The van der Waals surface area contributed by atoms with Crippen LogP contribution in [0.4, 0.5) is 0 Å². The number of rotatable bonds is 2. The normalized spacial score (nSPS) is 19.4. The Balaban J connectivity index is 2.22. The fraction of sp³-hybridized carbons (Fsp3) is 0.235. The Morgan fingerprint density at radius 1 is 1.30 bits per heavy atom. The van der Waals surface area contributed by atoms with Crippen LogP contribution in [0.1, 0.15) is 22.8 Å². The third-order valence-electron chi connectivity index (χ3n) is 3.83. The lowest BCUT2D eigenvalue weighted by atomic mass is 9.80. The zero-order chi connectivity index (χ0) is 16.6. The summed E-state index contributed by atoms with van der Waals surface area (Å²) in [7, 11) is 1.56. The van der Waals surface area contributed by atoms with Crippen LogP contribution < -0.4 is 15.1 Å². The summed E-state index contributed by atoms with van der Waals surface area (Å²) in [4.78, 5) is 12.3. The second kappa shape index (κ2) is 5.61. The van der Waals surface area contributed by atoms with Crippen molar-refractivity contribution in [3.8, 4) is 17.6 Å². The maximum Gasteiger partial charge on any atom is 0.343 e. The summed E-state index contributed by atoms with van der Waals surface area (Å²) >= 11 is 0. The van der Waals surface area contributed by atoms with Crippen LogP contribution >= 0.6 is 0 Å². The lowest BCUT2D eigenvalue weighted by Gasteiger charge is -2.29. The molecular formula is C17H14N2O4. The van der Waals surface area contributed by atoms with E-state index in [1.165, 1.54) is 0 Å². The number of nitrogens with one attached hydrogen (secondary N) is 1. The lowest BCUT2D eigenvalue weighted by molar-refractivity contribution is 0.402. The number of ether oxygens (including phenoxy) is 2. The molecule has 2 heterocycles. The number of benzene rings is 1. The van der Waals surface area contributed by atoms with Crippen molar-refractivity contribution in [3.05, 3.63) is 57.6 Å². The van der Waals surface area contributed by atoms with Crippen molar-refractivity contribution in [2.24, 2.45) is 5.92 Å². The average Bonchev–Trinajstić information content (AvgIpc) is 2.53. The van der Waals surface area contributed by atoms with Gasteiger partial charge in [-0.15, -0.1) is 0 Å². The zero-order valence-electron chi connectivity index (χ0n) is 12.6. The SMILES string of the molecule is COc1ccc(C2c3c(cc(C)oc3=O)OC(=N)C2C#N)cc1. The van der Waals surface area contributed by atoms with Gasteiger partial charge in [0, 0.05) is 12.0 Å². The van der Waals surface area contributed by atoms with Crippen LogP contribution in [0.2, 0.25) is 0 Å². The van der Waals surface area contributed by atoms with Gasteiger partial charge >= 0.3 is 5.63 Å². The highest BCUT2D eigenvalue weighted by atomic mass is 16.5. The van der Waals surface area contributed by atoms with E-state index < -0.39 is 17.5 Å². The van der Waals surface area contributed by atoms with Gasteiger partial charge in [-0.3, -0.25) is 5.41 Å². The van der Waals surface area contributed by atoms with Gasteiger partial charge < -0.3 is 13.9 Å². The molecule has 1 aromatic carbocycles. The third kappa shape index (κ3) is 2.46. The van der Waals surface area contributed by atoms with Crippen molar-refractivity contribution >= 4 is 5.90 Å². The molecule has 0 aliphatic carbocycles. The van der Waals surface area contributed by atoms with Crippen LogP contribution in [0.5, 0.6) is 11.5 Å². The number of aryl methyl sites for hydroxylation is 1. The largest absolute Gasteiger partial charge is 0.497 e. The van der Waals surface area contributed by atoms with Gasteiger partial charge in [0.1, 0.15) is 23.2 Å². The first-order chi connectivity index (χ1) is 11.0. The Morgan fingerprint density at radius 2 is 2.00 bits per heavy atom. The first kappa shape index (κ1) is 14.9. The van der Waals surface area contributed by atoms with Crippen molar-refractivity contribution in [3.63, 3.8) is 0 Å². The molecule has 3 rings (SSSR count). The van der Waals surface area contributed by atoms with E-state index >= 15 is 0 Å². The number of hydrogen-bond donors (Lipinski definition) is 1. The molecular weight excluding hydrogens is 296 g/mol. The molecule has 0 radical (unpaired) electrons. The third-order valence-corrected chi connectivity index (χ3v) is 3.83. The highest BCUT2D eigenvalue weighted by Crippen LogP contribution is 2.40. The summed E-state index contributed by atoms with van der Waals surface area (Å²) in [6.07, 6.45) is 0. The Morgan fingerprint density at radius 3 is 2.61 bits per heavy atom. The molecule has 2 unspecified atom stereocenters. The van der Waals surface area contributed by atoms with E-state index in [9.17, 15) is 10.1 Å². The van der Waals surface area contributed by atoms with E-state index in [0.717, 1.165) is 5.56 Å². The summed E-state index contributed by atoms with van der Waals surface area (Å²) < 4.78 is 15.7. The van der Waals surface area contributed by atoms with Crippen LogP contribution in [0.15, 0.2) is 39.5 Å². The summed E-state index contributed by atoms with van der Waals surface area (Å²) in [5.41, 5.74) is 0.444. The predicted octanol–water partition coefficient (Wildman–Crippen LogP) is 2.60. The molecule has 116 valence electrons. The van der Waals surface area contributed by atoms with Gasteiger partial charge in [-0.2, -0.15) is 5.26 Å². The first-order valence-corrected chi connectivity index (χ1v) is 6.99. The van der Waals surface area contributed by atoms with Crippen LogP contribution in [0, 0.1) is 29.6 Å². The average molecular weight is 310 g/mol. The fourth-order valence-corrected chi connectivity index (χ4v) is 2.76. The fourth-order valence-electron chi connectivity index (χ4n) is 2.76. The van der Waals surface area contributed by atoms with Gasteiger partial charge in [0.25, 0.3) is 0 Å². The van der Waals surface area contributed by atoms with Gasteiger partial charge in [-0.1, -0.05) is 12.1 Å². The minimum Gasteiger partial charge on any atom is -0.497 e. The molecule has 0 saturated carbocycles. The van der Waals surface area contributed by atoms with E-state index in [4.69, 9.17) is 19.3 Å². The monoisotopic (exact) mass is 310 g/mol. The Kier molecular flexibility index (Phi) is 3.62. The van der Waals surface area contributed by atoms with Crippen molar-refractivity contribution in [2.45, 2.75) is 12.8 Å². The molecule has 0 spiro atoms. The van der Waals surface area contributed by atoms with E-state index in [0.29, 0.717) is 11.5 Å². The van der Waals surface area contributed by atoms with Crippen LogP contribution in [-0.4, -0.2) is 13.0 Å². The minimum atomic E-state index is -0.887. The zero-order valence-corrected chi connectivity index (χ0v) is 12.6. The topological polar surface area (TPSA) is 96.3 Å². The van der Waals surface area contributed by atoms with Crippen LogP contribution in [0.25, 0.3) is 0 Å². The summed E-state index contributed by atoms with van der Waals surface area (Å²) in [6, 6.07) is 10.7. The summed E-state index contributed by atoms with van der Waals surface area (Å²) in [5, 5.41) is 17.4. The van der Waals surface area contributed by atoms with E-state index in [1.807, 2.05) is 0 Å². The molecule has 1 aromatic heterocycles. The van der Waals surface area contributed by atoms with Gasteiger partial charge in [0.05, 0.1) is 18.7 Å². The molecule has 0 fully saturated rings. The molecule has 1 N–H and O–H groups in total. The molecule has 1 aliphatic rings. The number of fused-ring (bicyclic) bond motifs is 1. The molecule has 0 bridgehead atoms. The molecule has 1 aliphatic heterocycles. The summed E-state index contributed by atoms with van der Waals surface area (Å²) in [6.45, 7) is 1.63. The van der Waals surface area contributed by atoms with E-state index in [1.54, 1.807) is 44.4 Å². The maximum absolute atomic E-state index is 12.3. The smallest absolute Gasteiger partial charge is 0.343 e. The second-order valence-electron chi connectivity index (χ2n) is 5.25. The number of nitriles is 1. The standard InChI is InChI=1S/C17H14N2O4/c1-9-7-13-15(17(20)22-9)14(12(8-18)16(19)23-13)10-3-5-11(21-2)6-4-10/h3-7,12,14,19H,1-2H3. The number of nitrogens with zero attached hydrogens (tertiary/aromatic N) is 1.